The normalized spacial score (nSPS) is 11.4. The molecule has 2 aromatic heterocycles. The van der Waals surface area contributed by atoms with Crippen LogP contribution in [0.15, 0.2) is 78.9 Å². The Labute approximate surface area is 235 Å². The first-order valence-electron chi connectivity index (χ1n) is 12.8. The molecule has 0 N–H and O–H groups in total. The Morgan fingerprint density at radius 3 is 1.88 bits per heavy atom. The largest absolute Gasteiger partial charge is 0.497 e. The molecule has 0 atom stereocenters. The van der Waals surface area contributed by atoms with Gasteiger partial charge in [-0.25, -0.2) is 9.97 Å². The van der Waals surface area contributed by atoms with Crippen LogP contribution in [0.5, 0.6) is 17.2 Å². The molecule has 0 radical (unpaired) electrons. The SMILES string of the molecule is CCc1c(-c2ccc(OC)cc2)nn(-c2nc(-c3cccc(OC)c3)cc(C(F)(F)F)n2)c1-c1ccc(OC)cc1. The summed E-state index contributed by atoms with van der Waals surface area (Å²) in [4.78, 5) is 8.54. The minimum Gasteiger partial charge on any atom is -0.497 e. The number of methoxy groups -OCH3 is 3. The fraction of sp³-hybridized carbons (Fsp3) is 0.194. The molecule has 2 heterocycles. The van der Waals surface area contributed by atoms with Crippen molar-refractivity contribution in [2.24, 2.45) is 0 Å². The first kappa shape index (κ1) is 27.7. The van der Waals surface area contributed by atoms with Crippen molar-refractivity contribution in [3.8, 4) is 57.0 Å². The molecule has 7 nitrogen and oxygen atoms in total. The lowest BCUT2D eigenvalue weighted by Gasteiger charge is -2.13. The summed E-state index contributed by atoms with van der Waals surface area (Å²) < 4.78 is 59.7. The van der Waals surface area contributed by atoms with Gasteiger partial charge in [-0.3, -0.25) is 0 Å². The van der Waals surface area contributed by atoms with Gasteiger partial charge in [0.25, 0.3) is 5.95 Å². The van der Waals surface area contributed by atoms with Crippen molar-refractivity contribution in [1.82, 2.24) is 19.7 Å². The summed E-state index contributed by atoms with van der Waals surface area (Å²) in [6.45, 7) is 1.97. The maximum Gasteiger partial charge on any atom is 0.433 e. The standard InChI is InChI=1S/C31H27F3N4O3/c1-5-25-28(19-9-13-22(39-2)14-10-19)37-38(29(25)20-11-15-23(40-3)16-12-20)30-35-26(18-27(36-30)31(32,33)34)21-7-6-8-24(17-21)41-4/h6-18H,5H2,1-4H3. The highest BCUT2D eigenvalue weighted by molar-refractivity contribution is 5.76. The van der Waals surface area contributed by atoms with E-state index in [-0.39, 0.29) is 11.6 Å². The first-order chi connectivity index (χ1) is 19.7. The molecule has 0 fully saturated rings. The van der Waals surface area contributed by atoms with Crippen LogP contribution in [0, 0.1) is 0 Å². The molecule has 0 aliphatic rings. The molecule has 41 heavy (non-hydrogen) atoms. The minimum absolute atomic E-state index is 0.0847. The number of ether oxygens (including phenoxy) is 3. The zero-order valence-electron chi connectivity index (χ0n) is 22.9. The second-order valence-electron chi connectivity index (χ2n) is 9.07. The topological polar surface area (TPSA) is 71.3 Å². The van der Waals surface area contributed by atoms with Gasteiger partial charge in [0.15, 0.2) is 5.69 Å². The van der Waals surface area contributed by atoms with E-state index in [1.54, 1.807) is 50.6 Å². The Hall–Kier alpha value is -4.86. The second-order valence-corrected chi connectivity index (χ2v) is 9.07. The van der Waals surface area contributed by atoms with Crippen LogP contribution in [0.25, 0.3) is 39.7 Å². The van der Waals surface area contributed by atoms with Crippen molar-refractivity contribution >= 4 is 0 Å². The van der Waals surface area contributed by atoms with Crippen LogP contribution in [-0.2, 0) is 12.6 Å². The number of hydrogen-bond acceptors (Lipinski definition) is 6. The summed E-state index contributed by atoms with van der Waals surface area (Å²) >= 11 is 0. The van der Waals surface area contributed by atoms with Gasteiger partial charge in [0.05, 0.1) is 38.4 Å². The Kier molecular flexibility index (Phi) is 7.65. The van der Waals surface area contributed by atoms with Crippen LogP contribution in [0.3, 0.4) is 0 Å². The van der Waals surface area contributed by atoms with Gasteiger partial charge in [0.2, 0.25) is 0 Å². The van der Waals surface area contributed by atoms with Crippen LogP contribution >= 0.6 is 0 Å². The number of nitrogens with zero attached hydrogens (tertiary/aromatic N) is 4. The van der Waals surface area contributed by atoms with Crippen LogP contribution in [0.4, 0.5) is 13.2 Å². The zero-order valence-corrected chi connectivity index (χ0v) is 22.9. The van der Waals surface area contributed by atoms with Gasteiger partial charge in [0, 0.05) is 22.3 Å². The third kappa shape index (κ3) is 5.58. The minimum atomic E-state index is -4.72. The van der Waals surface area contributed by atoms with E-state index in [1.165, 1.54) is 11.8 Å². The fourth-order valence-electron chi connectivity index (χ4n) is 4.56. The molecular formula is C31H27F3N4O3. The number of benzene rings is 3. The molecule has 0 bridgehead atoms. The average molecular weight is 561 g/mol. The molecular weight excluding hydrogens is 533 g/mol. The van der Waals surface area contributed by atoms with Crippen molar-refractivity contribution in [2.75, 3.05) is 21.3 Å². The molecule has 0 saturated carbocycles. The molecule has 0 unspecified atom stereocenters. The summed E-state index contributed by atoms with van der Waals surface area (Å²) in [7, 11) is 4.63. The summed E-state index contributed by atoms with van der Waals surface area (Å²) in [6.07, 6.45) is -4.17. The van der Waals surface area contributed by atoms with Gasteiger partial charge in [-0.2, -0.15) is 23.0 Å². The predicted octanol–water partition coefficient (Wildman–Crippen LogP) is 7.27. The van der Waals surface area contributed by atoms with Crippen molar-refractivity contribution in [2.45, 2.75) is 19.5 Å². The predicted molar refractivity (Wildman–Crippen MR) is 149 cm³/mol. The summed E-state index contributed by atoms with van der Waals surface area (Å²) in [5.74, 6) is 1.59. The van der Waals surface area contributed by atoms with Crippen molar-refractivity contribution in [3.05, 3.63) is 90.1 Å². The van der Waals surface area contributed by atoms with Gasteiger partial charge in [-0.1, -0.05) is 19.1 Å². The van der Waals surface area contributed by atoms with E-state index < -0.39 is 11.9 Å². The number of aromatic nitrogens is 4. The van der Waals surface area contributed by atoms with Gasteiger partial charge in [-0.05, 0) is 73.2 Å². The van der Waals surface area contributed by atoms with Gasteiger partial charge < -0.3 is 14.2 Å². The third-order valence-electron chi connectivity index (χ3n) is 6.62. The smallest absolute Gasteiger partial charge is 0.433 e. The molecule has 210 valence electrons. The molecule has 3 aromatic carbocycles. The lowest BCUT2D eigenvalue weighted by molar-refractivity contribution is -0.141. The molecule has 0 aliphatic heterocycles. The summed E-state index contributed by atoms with van der Waals surface area (Å²) in [5.41, 5.74) is 2.95. The zero-order chi connectivity index (χ0) is 29.1. The summed E-state index contributed by atoms with van der Waals surface area (Å²) in [5, 5.41) is 4.82. The molecule has 5 rings (SSSR count). The van der Waals surface area contributed by atoms with Gasteiger partial charge in [-0.15, -0.1) is 0 Å². The molecule has 5 aromatic rings. The highest BCUT2D eigenvalue weighted by atomic mass is 19.4. The van der Waals surface area contributed by atoms with E-state index in [0.717, 1.165) is 22.8 Å². The highest BCUT2D eigenvalue weighted by Gasteiger charge is 2.35. The molecule has 0 spiro atoms. The Morgan fingerprint density at radius 2 is 1.32 bits per heavy atom. The first-order valence-corrected chi connectivity index (χ1v) is 12.8. The highest BCUT2D eigenvalue weighted by Crippen LogP contribution is 2.37. The van der Waals surface area contributed by atoms with Crippen LogP contribution < -0.4 is 14.2 Å². The Bertz CT molecular complexity index is 1660. The molecule has 0 amide bonds. The van der Waals surface area contributed by atoms with Gasteiger partial charge >= 0.3 is 6.18 Å². The number of rotatable bonds is 8. The van der Waals surface area contributed by atoms with E-state index >= 15 is 0 Å². The van der Waals surface area contributed by atoms with E-state index in [9.17, 15) is 13.2 Å². The van der Waals surface area contributed by atoms with E-state index in [4.69, 9.17) is 19.3 Å². The van der Waals surface area contributed by atoms with E-state index in [0.29, 0.717) is 40.6 Å². The monoisotopic (exact) mass is 560 g/mol. The van der Waals surface area contributed by atoms with Crippen LogP contribution in [-0.4, -0.2) is 41.1 Å². The van der Waals surface area contributed by atoms with Crippen molar-refractivity contribution < 1.29 is 27.4 Å². The second kappa shape index (κ2) is 11.3. The number of hydrogen-bond donors (Lipinski definition) is 0. The lowest BCUT2D eigenvalue weighted by atomic mass is 10.00. The maximum absolute atomic E-state index is 14.1. The van der Waals surface area contributed by atoms with Gasteiger partial charge in [0.1, 0.15) is 17.2 Å². The number of halogens is 3. The molecule has 0 saturated heterocycles. The van der Waals surface area contributed by atoms with Crippen LogP contribution in [0.1, 0.15) is 18.2 Å². The van der Waals surface area contributed by atoms with E-state index in [1.807, 2.05) is 43.3 Å². The quantitative estimate of drug-likeness (QED) is 0.199. The maximum atomic E-state index is 14.1. The van der Waals surface area contributed by atoms with Crippen molar-refractivity contribution in [3.63, 3.8) is 0 Å². The van der Waals surface area contributed by atoms with Crippen molar-refractivity contribution in [1.29, 1.82) is 0 Å². The third-order valence-corrected chi connectivity index (χ3v) is 6.62. The lowest BCUT2D eigenvalue weighted by Crippen LogP contribution is -2.14. The molecule has 0 aliphatic carbocycles. The molecule has 10 heteroatoms. The number of alkyl halides is 3. The Balaban J connectivity index is 1.80. The van der Waals surface area contributed by atoms with E-state index in [2.05, 4.69) is 9.97 Å². The fourth-order valence-corrected chi connectivity index (χ4v) is 4.56. The summed E-state index contributed by atoms with van der Waals surface area (Å²) in [6, 6.07) is 22.2. The average Bonchev–Trinajstić information content (AvgIpc) is 3.40. The Morgan fingerprint density at radius 1 is 0.707 bits per heavy atom. The van der Waals surface area contributed by atoms with Crippen LogP contribution in [0.2, 0.25) is 0 Å².